The molecule has 0 unspecified atom stereocenters. The second-order valence-corrected chi connectivity index (χ2v) is 5.01. The highest BCUT2D eigenvalue weighted by atomic mass is 35.5. The lowest BCUT2D eigenvalue weighted by Gasteiger charge is -2.03. The number of hydrogen-bond acceptors (Lipinski definition) is 2. The van der Waals surface area contributed by atoms with E-state index >= 15 is 0 Å². The van der Waals surface area contributed by atoms with Crippen molar-refractivity contribution < 1.29 is 4.42 Å². The summed E-state index contributed by atoms with van der Waals surface area (Å²) in [5, 5.41) is 10.3. The van der Waals surface area contributed by atoms with Gasteiger partial charge in [0.25, 0.3) is 0 Å². The van der Waals surface area contributed by atoms with Gasteiger partial charge in [0, 0.05) is 16.1 Å². The second-order valence-electron chi connectivity index (χ2n) is 4.16. The molecule has 2 rings (SSSR count). The molecule has 1 aromatic heterocycles. The predicted molar refractivity (Wildman–Crippen MR) is 78.1 cm³/mol. The minimum atomic E-state index is 0.457. The van der Waals surface area contributed by atoms with Crippen LogP contribution in [-0.4, -0.2) is 0 Å². The summed E-state index contributed by atoms with van der Waals surface area (Å²) in [5.74, 6) is 1.58. The maximum absolute atomic E-state index is 9.29. The van der Waals surface area contributed by atoms with Crippen molar-refractivity contribution in [3.8, 4) is 6.07 Å². The van der Waals surface area contributed by atoms with Gasteiger partial charge in [0.1, 0.15) is 11.5 Å². The Labute approximate surface area is 121 Å². The highest BCUT2D eigenvalue weighted by Gasteiger charge is 2.09. The second kappa shape index (κ2) is 5.52. The third-order valence-electron chi connectivity index (χ3n) is 2.72. The van der Waals surface area contributed by atoms with Crippen LogP contribution in [0.25, 0.3) is 11.6 Å². The van der Waals surface area contributed by atoms with Gasteiger partial charge in [-0.1, -0.05) is 29.3 Å². The first-order valence-corrected chi connectivity index (χ1v) is 6.41. The molecule has 1 heterocycles. The van der Waals surface area contributed by atoms with Gasteiger partial charge < -0.3 is 4.42 Å². The Kier molecular flexibility index (Phi) is 3.99. The van der Waals surface area contributed by atoms with Gasteiger partial charge >= 0.3 is 0 Å². The first-order valence-electron chi connectivity index (χ1n) is 5.65. The average Bonchev–Trinajstić information content (AvgIpc) is 2.65. The molecule has 19 heavy (non-hydrogen) atoms. The Hall–Kier alpha value is -1.69. The molecule has 0 spiro atoms. The van der Waals surface area contributed by atoms with Crippen molar-refractivity contribution in [1.82, 2.24) is 0 Å². The molecular weight excluding hydrogens is 281 g/mol. The molecule has 0 amide bonds. The number of benzene rings is 1. The molecule has 0 N–H and O–H groups in total. The minimum absolute atomic E-state index is 0.457. The quantitative estimate of drug-likeness (QED) is 0.707. The van der Waals surface area contributed by atoms with Gasteiger partial charge in [-0.3, -0.25) is 0 Å². The Morgan fingerprint density at radius 2 is 2.00 bits per heavy atom. The Morgan fingerprint density at radius 1 is 1.26 bits per heavy atom. The standard InChI is InChI=1S/C15H11Cl2NO/c1-9-5-11(10(2)19-9)6-12(8-18)14-4-3-13(16)7-15(14)17/h3-7H,1-2H3/b12-6-. The van der Waals surface area contributed by atoms with Crippen molar-refractivity contribution in [2.24, 2.45) is 0 Å². The monoisotopic (exact) mass is 291 g/mol. The number of furan rings is 1. The van der Waals surface area contributed by atoms with E-state index in [2.05, 4.69) is 6.07 Å². The van der Waals surface area contributed by atoms with Gasteiger partial charge in [-0.2, -0.15) is 5.26 Å². The van der Waals surface area contributed by atoms with Crippen LogP contribution in [0, 0.1) is 25.2 Å². The third-order valence-corrected chi connectivity index (χ3v) is 3.27. The number of allylic oxidation sites excluding steroid dienone is 1. The zero-order valence-corrected chi connectivity index (χ0v) is 12.0. The first kappa shape index (κ1) is 13.7. The zero-order valence-electron chi connectivity index (χ0n) is 10.5. The van der Waals surface area contributed by atoms with Gasteiger partial charge in [-0.05, 0) is 38.1 Å². The molecule has 0 saturated carbocycles. The number of nitrogens with zero attached hydrogens (tertiary/aromatic N) is 1. The molecule has 0 aliphatic carbocycles. The Morgan fingerprint density at radius 3 is 2.53 bits per heavy atom. The van der Waals surface area contributed by atoms with E-state index in [1.165, 1.54) is 0 Å². The molecule has 2 aromatic rings. The van der Waals surface area contributed by atoms with E-state index in [0.717, 1.165) is 17.1 Å². The summed E-state index contributed by atoms with van der Waals surface area (Å²) in [5.41, 5.74) is 2.01. The molecule has 2 nitrogen and oxygen atoms in total. The number of halogens is 2. The van der Waals surface area contributed by atoms with Crippen LogP contribution >= 0.6 is 23.2 Å². The number of aryl methyl sites for hydroxylation is 2. The third kappa shape index (κ3) is 3.01. The molecule has 0 bridgehead atoms. The van der Waals surface area contributed by atoms with Crippen molar-refractivity contribution in [3.63, 3.8) is 0 Å². The average molecular weight is 292 g/mol. The molecule has 0 saturated heterocycles. The van der Waals surface area contributed by atoms with Crippen LogP contribution in [-0.2, 0) is 0 Å². The fourth-order valence-electron chi connectivity index (χ4n) is 1.83. The largest absolute Gasteiger partial charge is 0.466 e. The number of nitriles is 1. The van der Waals surface area contributed by atoms with Crippen molar-refractivity contribution >= 4 is 34.9 Å². The highest BCUT2D eigenvalue weighted by molar-refractivity contribution is 6.36. The van der Waals surface area contributed by atoms with Gasteiger partial charge in [0.2, 0.25) is 0 Å². The van der Waals surface area contributed by atoms with Gasteiger partial charge in [-0.15, -0.1) is 0 Å². The minimum Gasteiger partial charge on any atom is -0.466 e. The zero-order chi connectivity index (χ0) is 14.0. The fourth-order valence-corrected chi connectivity index (χ4v) is 2.34. The van der Waals surface area contributed by atoms with E-state index in [1.807, 2.05) is 19.9 Å². The molecule has 0 aliphatic rings. The van der Waals surface area contributed by atoms with E-state index < -0.39 is 0 Å². The van der Waals surface area contributed by atoms with Gasteiger partial charge in [-0.25, -0.2) is 0 Å². The topological polar surface area (TPSA) is 36.9 Å². The van der Waals surface area contributed by atoms with E-state index in [9.17, 15) is 5.26 Å². The fraction of sp³-hybridized carbons (Fsp3) is 0.133. The number of hydrogen-bond donors (Lipinski definition) is 0. The Balaban J connectivity index is 2.51. The highest BCUT2D eigenvalue weighted by Crippen LogP contribution is 2.29. The predicted octanol–water partition coefficient (Wildman–Crippen LogP) is 5.27. The van der Waals surface area contributed by atoms with Crippen LogP contribution in [0.15, 0.2) is 28.7 Å². The molecule has 0 aliphatic heterocycles. The van der Waals surface area contributed by atoms with Crippen LogP contribution in [0.4, 0.5) is 0 Å². The Bertz CT molecular complexity index is 693. The molecule has 0 radical (unpaired) electrons. The lowest BCUT2D eigenvalue weighted by atomic mass is 10.0. The van der Waals surface area contributed by atoms with Crippen LogP contribution in [0.5, 0.6) is 0 Å². The summed E-state index contributed by atoms with van der Waals surface area (Å²) in [4.78, 5) is 0. The van der Waals surface area contributed by atoms with Crippen molar-refractivity contribution in [2.75, 3.05) is 0 Å². The van der Waals surface area contributed by atoms with Crippen molar-refractivity contribution in [2.45, 2.75) is 13.8 Å². The van der Waals surface area contributed by atoms with Crippen molar-refractivity contribution in [1.29, 1.82) is 5.26 Å². The van der Waals surface area contributed by atoms with E-state index in [1.54, 1.807) is 24.3 Å². The molecule has 1 aromatic carbocycles. The van der Waals surface area contributed by atoms with E-state index in [-0.39, 0.29) is 0 Å². The summed E-state index contributed by atoms with van der Waals surface area (Å²) in [6.07, 6.45) is 1.76. The summed E-state index contributed by atoms with van der Waals surface area (Å²) in [7, 11) is 0. The van der Waals surface area contributed by atoms with Crippen LogP contribution < -0.4 is 0 Å². The van der Waals surface area contributed by atoms with Crippen LogP contribution in [0.2, 0.25) is 10.0 Å². The normalized spacial score (nSPS) is 11.4. The molecular formula is C15H11Cl2NO. The SMILES string of the molecule is Cc1cc(/C=C(/C#N)c2ccc(Cl)cc2Cl)c(C)o1. The number of rotatable bonds is 2. The van der Waals surface area contributed by atoms with Crippen molar-refractivity contribution in [3.05, 3.63) is 57.0 Å². The van der Waals surface area contributed by atoms with Crippen LogP contribution in [0.1, 0.15) is 22.6 Å². The summed E-state index contributed by atoms with van der Waals surface area (Å²) in [6.45, 7) is 3.73. The summed E-state index contributed by atoms with van der Waals surface area (Å²) in [6, 6.07) is 9.11. The molecule has 0 atom stereocenters. The summed E-state index contributed by atoms with van der Waals surface area (Å²) < 4.78 is 5.44. The van der Waals surface area contributed by atoms with E-state index in [0.29, 0.717) is 21.2 Å². The van der Waals surface area contributed by atoms with E-state index in [4.69, 9.17) is 27.6 Å². The molecule has 0 fully saturated rings. The lowest BCUT2D eigenvalue weighted by Crippen LogP contribution is -1.84. The lowest BCUT2D eigenvalue weighted by molar-refractivity contribution is 0.504. The molecule has 4 heteroatoms. The van der Waals surface area contributed by atoms with Crippen LogP contribution in [0.3, 0.4) is 0 Å². The maximum Gasteiger partial charge on any atom is 0.108 e. The first-order chi connectivity index (χ1) is 9.01. The van der Waals surface area contributed by atoms with Gasteiger partial charge in [0.15, 0.2) is 0 Å². The maximum atomic E-state index is 9.29. The van der Waals surface area contributed by atoms with Gasteiger partial charge in [0.05, 0.1) is 16.7 Å². The smallest absolute Gasteiger partial charge is 0.108 e. The summed E-state index contributed by atoms with van der Waals surface area (Å²) >= 11 is 12.0. The molecule has 96 valence electrons.